The molecule has 6 nitrogen and oxygen atoms in total. The quantitative estimate of drug-likeness (QED) is 0.337. The van der Waals surface area contributed by atoms with Crippen LogP contribution in [0.3, 0.4) is 0 Å². The Kier molecular flexibility index (Phi) is 9.53. The maximum Gasteiger partial charge on any atom is 0.264 e. The van der Waals surface area contributed by atoms with Crippen LogP contribution in [-0.4, -0.2) is 40.3 Å². The first-order chi connectivity index (χ1) is 16.3. The molecule has 0 atom stereocenters. The zero-order valence-electron chi connectivity index (χ0n) is 18.4. The first-order valence-electron chi connectivity index (χ1n) is 10.3. The Morgan fingerprint density at radius 2 is 1.62 bits per heavy atom. The number of benzene rings is 3. The molecule has 1 N–H and O–H groups in total. The van der Waals surface area contributed by atoms with Gasteiger partial charge < -0.3 is 10.1 Å². The van der Waals surface area contributed by atoms with E-state index in [-0.39, 0.29) is 11.4 Å². The Balaban J connectivity index is 1.63. The second kappa shape index (κ2) is 12.4. The van der Waals surface area contributed by atoms with Crippen molar-refractivity contribution in [1.82, 2.24) is 5.32 Å². The van der Waals surface area contributed by atoms with Crippen LogP contribution in [0.25, 0.3) is 0 Å². The predicted molar refractivity (Wildman–Crippen MR) is 140 cm³/mol. The highest BCUT2D eigenvalue weighted by Gasteiger charge is 2.27. The third-order valence-corrected chi connectivity index (χ3v) is 8.34. The summed E-state index contributed by atoms with van der Waals surface area (Å²) in [6, 6.07) is 19.9. The Bertz CT molecular complexity index is 1190. The molecule has 0 saturated heterocycles. The van der Waals surface area contributed by atoms with Crippen LogP contribution < -0.4 is 14.4 Å². The minimum absolute atomic E-state index is 0.0668. The first-order valence-corrected chi connectivity index (χ1v) is 13.7. The van der Waals surface area contributed by atoms with E-state index in [1.165, 1.54) is 19.2 Å². The summed E-state index contributed by atoms with van der Waals surface area (Å²) in [6.07, 6.45) is 0. The molecule has 0 saturated carbocycles. The van der Waals surface area contributed by atoms with E-state index in [1.54, 1.807) is 72.4 Å². The van der Waals surface area contributed by atoms with E-state index in [9.17, 15) is 13.2 Å². The van der Waals surface area contributed by atoms with Crippen LogP contribution in [0.1, 0.15) is 5.56 Å². The number of para-hydroxylation sites is 1. The number of amides is 1. The number of anilines is 1. The van der Waals surface area contributed by atoms with Crippen molar-refractivity contribution in [3.05, 3.63) is 88.4 Å². The van der Waals surface area contributed by atoms with Gasteiger partial charge in [-0.3, -0.25) is 9.10 Å². The smallest absolute Gasteiger partial charge is 0.264 e. The molecular formula is C24H24Cl2N2O4S2. The number of carbonyl (C=O) groups is 1. The number of halogens is 2. The molecule has 34 heavy (non-hydrogen) atoms. The summed E-state index contributed by atoms with van der Waals surface area (Å²) >= 11 is 13.9. The van der Waals surface area contributed by atoms with Crippen molar-refractivity contribution in [2.24, 2.45) is 0 Å². The molecule has 0 aliphatic rings. The van der Waals surface area contributed by atoms with Crippen molar-refractivity contribution < 1.29 is 17.9 Å². The van der Waals surface area contributed by atoms with Gasteiger partial charge in [-0.15, -0.1) is 0 Å². The minimum atomic E-state index is -3.97. The Morgan fingerprint density at radius 3 is 2.24 bits per heavy atom. The summed E-state index contributed by atoms with van der Waals surface area (Å²) in [5.74, 6) is 1.36. The van der Waals surface area contributed by atoms with Crippen molar-refractivity contribution >= 4 is 56.6 Å². The molecule has 0 bridgehead atoms. The van der Waals surface area contributed by atoms with Crippen molar-refractivity contribution in [2.45, 2.75) is 10.6 Å². The van der Waals surface area contributed by atoms with Gasteiger partial charge in [0.25, 0.3) is 10.0 Å². The fourth-order valence-corrected chi connectivity index (χ4v) is 6.09. The normalized spacial score (nSPS) is 11.1. The summed E-state index contributed by atoms with van der Waals surface area (Å²) in [5.41, 5.74) is 1.25. The zero-order valence-corrected chi connectivity index (χ0v) is 21.6. The maximum atomic E-state index is 13.3. The minimum Gasteiger partial charge on any atom is -0.497 e. The molecule has 3 aromatic rings. The largest absolute Gasteiger partial charge is 0.497 e. The number of methoxy groups -OCH3 is 1. The standard InChI is InChI=1S/C24H24Cl2N2O4S2/c1-32-19-10-12-20(13-11-19)34(30,31)28(18-6-3-2-4-7-18)16-24(29)27-14-15-33-17-21-22(25)8-5-9-23(21)26/h2-13H,14-17H2,1H3,(H,27,29). The van der Waals surface area contributed by atoms with E-state index in [1.807, 2.05) is 0 Å². The lowest BCUT2D eigenvalue weighted by Crippen LogP contribution is -2.41. The lowest BCUT2D eigenvalue weighted by Gasteiger charge is -2.24. The number of thioether (sulfide) groups is 1. The summed E-state index contributed by atoms with van der Waals surface area (Å²) < 4.78 is 32.9. The fourth-order valence-electron chi connectivity index (χ4n) is 3.08. The van der Waals surface area contributed by atoms with Gasteiger partial charge in [0.2, 0.25) is 5.91 Å². The second-order valence-corrected chi connectivity index (χ2v) is 10.9. The van der Waals surface area contributed by atoms with E-state index in [0.29, 0.717) is 39.5 Å². The van der Waals surface area contributed by atoms with Gasteiger partial charge in [0.1, 0.15) is 12.3 Å². The molecule has 0 unspecified atom stereocenters. The topological polar surface area (TPSA) is 75.7 Å². The SMILES string of the molecule is COc1ccc(S(=O)(=O)N(CC(=O)NCCSCc2c(Cl)cccc2Cl)c2ccccc2)cc1. The third kappa shape index (κ3) is 6.82. The number of nitrogens with zero attached hydrogens (tertiary/aromatic N) is 1. The number of hydrogen-bond donors (Lipinski definition) is 1. The van der Waals surface area contributed by atoms with E-state index in [0.717, 1.165) is 9.87 Å². The van der Waals surface area contributed by atoms with E-state index < -0.39 is 15.9 Å². The van der Waals surface area contributed by atoms with Gasteiger partial charge in [0.15, 0.2) is 0 Å². The molecule has 0 fully saturated rings. The van der Waals surface area contributed by atoms with Crippen LogP contribution in [-0.2, 0) is 20.6 Å². The zero-order chi connectivity index (χ0) is 24.6. The molecule has 1 amide bonds. The summed E-state index contributed by atoms with van der Waals surface area (Å²) in [6.45, 7) is 0.0240. The summed E-state index contributed by atoms with van der Waals surface area (Å²) in [4.78, 5) is 12.7. The van der Waals surface area contributed by atoms with E-state index in [4.69, 9.17) is 27.9 Å². The van der Waals surface area contributed by atoms with E-state index >= 15 is 0 Å². The van der Waals surface area contributed by atoms with Crippen molar-refractivity contribution in [1.29, 1.82) is 0 Å². The van der Waals surface area contributed by atoms with Crippen LogP contribution in [0.15, 0.2) is 77.7 Å². The van der Waals surface area contributed by atoms with Gasteiger partial charge in [-0.2, -0.15) is 11.8 Å². The van der Waals surface area contributed by atoms with Gasteiger partial charge in [0.05, 0.1) is 17.7 Å². The molecule has 0 heterocycles. The number of ether oxygens (including phenoxy) is 1. The van der Waals surface area contributed by atoms with Gasteiger partial charge in [-0.25, -0.2) is 8.42 Å². The highest BCUT2D eigenvalue weighted by atomic mass is 35.5. The van der Waals surface area contributed by atoms with Gasteiger partial charge in [-0.1, -0.05) is 47.5 Å². The fraction of sp³-hybridized carbons (Fsp3) is 0.208. The highest BCUT2D eigenvalue weighted by Crippen LogP contribution is 2.28. The van der Waals surface area contributed by atoms with Crippen LogP contribution in [0.5, 0.6) is 5.75 Å². The number of carbonyl (C=O) groups excluding carboxylic acids is 1. The molecular weight excluding hydrogens is 515 g/mol. The second-order valence-electron chi connectivity index (χ2n) is 7.13. The number of rotatable bonds is 11. The monoisotopic (exact) mass is 538 g/mol. The molecule has 180 valence electrons. The van der Waals surface area contributed by atoms with Crippen molar-refractivity contribution in [3.63, 3.8) is 0 Å². The van der Waals surface area contributed by atoms with Crippen LogP contribution in [0.2, 0.25) is 10.0 Å². The Labute approximate surface area is 214 Å². The first kappa shape index (κ1) is 26.2. The molecule has 3 aromatic carbocycles. The van der Waals surface area contributed by atoms with Gasteiger partial charge in [-0.05, 0) is 54.1 Å². The molecule has 10 heteroatoms. The van der Waals surface area contributed by atoms with Gasteiger partial charge in [0, 0.05) is 28.1 Å². The van der Waals surface area contributed by atoms with Gasteiger partial charge >= 0.3 is 0 Å². The molecule has 0 radical (unpaired) electrons. The Morgan fingerprint density at radius 1 is 0.971 bits per heavy atom. The number of nitrogens with one attached hydrogen (secondary N) is 1. The molecule has 3 rings (SSSR count). The highest BCUT2D eigenvalue weighted by molar-refractivity contribution is 7.98. The number of hydrogen-bond acceptors (Lipinski definition) is 5. The average Bonchev–Trinajstić information content (AvgIpc) is 2.84. The van der Waals surface area contributed by atoms with Crippen LogP contribution >= 0.6 is 35.0 Å². The van der Waals surface area contributed by atoms with E-state index in [2.05, 4.69) is 5.32 Å². The summed E-state index contributed by atoms with van der Waals surface area (Å²) in [7, 11) is -2.47. The molecule has 0 aliphatic heterocycles. The lowest BCUT2D eigenvalue weighted by atomic mass is 10.2. The molecule has 0 aliphatic carbocycles. The van der Waals surface area contributed by atoms with Crippen LogP contribution in [0, 0.1) is 0 Å². The molecule has 0 aromatic heterocycles. The number of sulfonamides is 1. The summed E-state index contributed by atoms with van der Waals surface area (Å²) in [5, 5.41) is 3.99. The Hall–Kier alpha value is -2.39. The third-order valence-electron chi connectivity index (χ3n) is 4.86. The van der Waals surface area contributed by atoms with Crippen molar-refractivity contribution in [2.75, 3.05) is 30.3 Å². The van der Waals surface area contributed by atoms with Crippen molar-refractivity contribution in [3.8, 4) is 5.75 Å². The maximum absolute atomic E-state index is 13.3. The lowest BCUT2D eigenvalue weighted by molar-refractivity contribution is -0.119. The van der Waals surface area contributed by atoms with Crippen LogP contribution in [0.4, 0.5) is 5.69 Å². The molecule has 0 spiro atoms. The average molecular weight is 540 g/mol. The predicted octanol–water partition coefficient (Wildman–Crippen LogP) is 5.25.